The van der Waals surface area contributed by atoms with Crippen molar-refractivity contribution >= 4 is 30.4 Å². The van der Waals surface area contributed by atoms with Crippen LogP contribution in [0.25, 0.3) is 11.0 Å². The molecule has 1 N–H and O–H groups in total. The van der Waals surface area contributed by atoms with Crippen molar-refractivity contribution in [3.05, 3.63) is 30.0 Å². The lowest BCUT2D eigenvalue weighted by Crippen LogP contribution is -2.09. The Labute approximate surface area is 81.0 Å². The molecule has 14 heavy (non-hydrogen) atoms. The predicted molar refractivity (Wildman–Crippen MR) is 54.7 cm³/mol. The summed E-state index contributed by atoms with van der Waals surface area (Å²) in [6, 6.07) is 4.71. The van der Waals surface area contributed by atoms with Crippen molar-refractivity contribution in [2.24, 2.45) is 0 Å². The predicted octanol–water partition coefficient (Wildman–Crippen LogP) is -0.414. The summed E-state index contributed by atoms with van der Waals surface area (Å²) in [4.78, 5) is 19.0. The van der Waals surface area contributed by atoms with Crippen LogP contribution in [0.2, 0.25) is 0 Å². The molecule has 0 fully saturated rings. The Morgan fingerprint density at radius 2 is 2.14 bits per heavy atom. The molecule has 1 aromatic carbocycles. The molecule has 68 valence electrons. The Morgan fingerprint density at radius 1 is 1.36 bits per heavy atom. The lowest BCUT2D eigenvalue weighted by atomic mass is 10.1. The molecule has 0 aliphatic heterocycles. The van der Waals surface area contributed by atoms with Crippen LogP contribution in [-0.4, -0.2) is 28.9 Å². The molecular weight excluding hydrogens is 179 g/mol. The van der Waals surface area contributed by atoms with E-state index in [9.17, 15) is 4.79 Å². The molecule has 1 heterocycles. The molecule has 0 bridgehead atoms. The number of aromatic carboxylic acids is 1. The number of carbonyl (C=O) groups is 1. The zero-order valence-electron chi connectivity index (χ0n) is 7.56. The van der Waals surface area contributed by atoms with Gasteiger partial charge in [0, 0.05) is 11.8 Å². The maximum atomic E-state index is 10.7. The second kappa shape index (κ2) is 3.10. The van der Waals surface area contributed by atoms with E-state index in [1.165, 1.54) is 12.1 Å². The molecule has 5 heteroatoms. The highest BCUT2D eigenvalue weighted by Crippen LogP contribution is 2.09. The van der Waals surface area contributed by atoms with Gasteiger partial charge in [-0.3, -0.25) is 9.97 Å². The van der Waals surface area contributed by atoms with Crippen molar-refractivity contribution in [3.63, 3.8) is 0 Å². The van der Waals surface area contributed by atoms with Gasteiger partial charge in [-0.2, -0.15) is 0 Å². The first-order valence-corrected chi connectivity index (χ1v) is 4.13. The lowest BCUT2D eigenvalue weighted by Gasteiger charge is -1.99. The first kappa shape index (κ1) is 8.68. The third-order valence-electron chi connectivity index (χ3n) is 1.91. The number of fused-ring (bicyclic) bond motifs is 1. The Bertz CT molecular complexity index is 513. The normalized spacial score (nSPS) is 10.3. The van der Waals surface area contributed by atoms with E-state index in [2.05, 4.69) is 9.97 Å². The highest BCUT2D eigenvalue weighted by atomic mass is 16.4. The topological polar surface area (TPSA) is 63.1 Å². The molecule has 0 unspecified atom stereocenters. The van der Waals surface area contributed by atoms with Crippen molar-refractivity contribution in [2.75, 3.05) is 0 Å². The Morgan fingerprint density at radius 3 is 2.86 bits per heavy atom. The van der Waals surface area contributed by atoms with E-state index in [-0.39, 0.29) is 5.56 Å². The molecule has 0 saturated carbocycles. The molecule has 0 saturated heterocycles. The average molecular weight is 186 g/mol. The molecule has 2 rings (SSSR count). The van der Waals surface area contributed by atoms with Gasteiger partial charge < -0.3 is 5.11 Å². The number of aromatic nitrogens is 2. The van der Waals surface area contributed by atoms with Gasteiger partial charge >= 0.3 is 5.97 Å². The monoisotopic (exact) mass is 186 g/mol. The number of nitrogens with zero attached hydrogens (tertiary/aromatic N) is 2. The standard InChI is InChI=1S/C9H7BN2O2/c10-8-4-11-7-3-5(9(13)14)1-2-6(7)12-8/h1-4H,10H2,(H,13,14). The van der Waals surface area contributed by atoms with E-state index in [1.54, 1.807) is 12.3 Å². The number of carboxylic acid groups (broad SMARTS) is 1. The molecule has 0 radical (unpaired) electrons. The summed E-state index contributed by atoms with van der Waals surface area (Å²) in [6.45, 7) is 0. The Kier molecular flexibility index (Phi) is 1.92. The zero-order valence-corrected chi connectivity index (χ0v) is 7.56. The van der Waals surface area contributed by atoms with Crippen LogP contribution in [0.15, 0.2) is 24.4 Å². The fourth-order valence-corrected chi connectivity index (χ4v) is 1.24. The van der Waals surface area contributed by atoms with E-state index < -0.39 is 5.97 Å². The third-order valence-corrected chi connectivity index (χ3v) is 1.91. The SMILES string of the molecule is Bc1cnc2cc(C(=O)O)ccc2n1. The van der Waals surface area contributed by atoms with Crippen LogP contribution in [0.5, 0.6) is 0 Å². The highest BCUT2D eigenvalue weighted by molar-refractivity contribution is 6.30. The van der Waals surface area contributed by atoms with Gasteiger partial charge in [0.2, 0.25) is 0 Å². The summed E-state index contributed by atoms with van der Waals surface area (Å²) in [6.07, 6.45) is 1.62. The maximum Gasteiger partial charge on any atom is 0.335 e. The van der Waals surface area contributed by atoms with Crippen LogP contribution >= 0.6 is 0 Å². The number of hydrogen-bond acceptors (Lipinski definition) is 3. The van der Waals surface area contributed by atoms with Crippen LogP contribution in [0.1, 0.15) is 10.4 Å². The van der Waals surface area contributed by atoms with Crippen molar-refractivity contribution in [3.8, 4) is 0 Å². The average Bonchev–Trinajstić information content (AvgIpc) is 2.16. The third kappa shape index (κ3) is 1.44. The number of carboxylic acids is 1. The van der Waals surface area contributed by atoms with Crippen LogP contribution in [-0.2, 0) is 0 Å². The van der Waals surface area contributed by atoms with Crippen molar-refractivity contribution in [2.45, 2.75) is 0 Å². The molecular formula is C9H7BN2O2. The molecule has 0 atom stereocenters. The van der Waals surface area contributed by atoms with Gasteiger partial charge in [-0.1, -0.05) is 0 Å². The fourth-order valence-electron chi connectivity index (χ4n) is 1.24. The molecule has 4 nitrogen and oxygen atoms in total. The molecule has 0 spiro atoms. The van der Waals surface area contributed by atoms with Gasteiger partial charge in [-0.25, -0.2) is 4.79 Å². The van der Waals surface area contributed by atoms with Crippen LogP contribution in [0.3, 0.4) is 0 Å². The quantitative estimate of drug-likeness (QED) is 0.614. The van der Waals surface area contributed by atoms with Gasteiger partial charge in [0.15, 0.2) is 7.85 Å². The second-order valence-corrected chi connectivity index (χ2v) is 3.02. The first-order valence-electron chi connectivity index (χ1n) is 4.13. The fraction of sp³-hybridized carbons (Fsp3) is 0. The summed E-state index contributed by atoms with van der Waals surface area (Å²) in [5.41, 5.74) is 2.38. The first-order chi connectivity index (χ1) is 6.66. The van der Waals surface area contributed by atoms with Gasteiger partial charge in [0.1, 0.15) is 0 Å². The molecule has 1 aromatic heterocycles. The lowest BCUT2D eigenvalue weighted by molar-refractivity contribution is 0.0697. The summed E-state index contributed by atoms with van der Waals surface area (Å²) in [5.74, 6) is -0.950. The van der Waals surface area contributed by atoms with Gasteiger partial charge in [0.25, 0.3) is 0 Å². The molecule has 2 aromatic rings. The van der Waals surface area contributed by atoms with Gasteiger partial charge in [-0.05, 0) is 18.2 Å². The minimum absolute atomic E-state index is 0.232. The molecule has 0 amide bonds. The van der Waals surface area contributed by atoms with Crippen molar-refractivity contribution < 1.29 is 9.90 Å². The van der Waals surface area contributed by atoms with E-state index in [0.29, 0.717) is 5.52 Å². The summed E-state index contributed by atoms with van der Waals surface area (Å²) < 4.78 is 0. The van der Waals surface area contributed by atoms with Crippen LogP contribution in [0, 0.1) is 0 Å². The van der Waals surface area contributed by atoms with E-state index in [1.807, 2.05) is 7.85 Å². The molecule has 0 aliphatic carbocycles. The number of rotatable bonds is 1. The Hall–Kier alpha value is -1.91. The van der Waals surface area contributed by atoms with Crippen LogP contribution in [0.4, 0.5) is 0 Å². The van der Waals surface area contributed by atoms with E-state index in [0.717, 1.165) is 11.1 Å². The van der Waals surface area contributed by atoms with Gasteiger partial charge in [0.05, 0.1) is 16.6 Å². The summed E-state index contributed by atoms with van der Waals surface area (Å²) >= 11 is 0. The largest absolute Gasteiger partial charge is 0.478 e. The zero-order chi connectivity index (χ0) is 10.1. The van der Waals surface area contributed by atoms with Gasteiger partial charge in [-0.15, -0.1) is 0 Å². The maximum absolute atomic E-state index is 10.7. The van der Waals surface area contributed by atoms with E-state index >= 15 is 0 Å². The number of hydrogen-bond donors (Lipinski definition) is 1. The minimum Gasteiger partial charge on any atom is -0.478 e. The smallest absolute Gasteiger partial charge is 0.335 e. The summed E-state index contributed by atoms with van der Waals surface area (Å²) in [5, 5.41) is 8.75. The molecule has 0 aliphatic rings. The van der Waals surface area contributed by atoms with E-state index in [4.69, 9.17) is 5.11 Å². The van der Waals surface area contributed by atoms with Crippen LogP contribution < -0.4 is 5.59 Å². The van der Waals surface area contributed by atoms with Crippen molar-refractivity contribution in [1.82, 2.24) is 9.97 Å². The number of benzene rings is 1. The highest BCUT2D eigenvalue weighted by Gasteiger charge is 2.04. The minimum atomic E-state index is -0.950. The summed E-state index contributed by atoms with van der Waals surface area (Å²) in [7, 11) is 1.84. The van der Waals surface area contributed by atoms with Crippen molar-refractivity contribution in [1.29, 1.82) is 0 Å². The Balaban J connectivity index is 2.67. The second-order valence-electron chi connectivity index (χ2n) is 3.02.